The first-order valence-corrected chi connectivity index (χ1v) is 7.84. The Labute approximate surface area is 127 Å². The quantitative estimate of drug-likeness (QED) is 0.906. The summed E-state index contributed by atoms with van der Waals surface area (Å²) in [5.74, 6) is 2.48. The topological polar surface area (TPSA) is 45.5 Å². The van der Waals surface area contributed by atoms with Gasteiger partial charge in [-0.15, -0.1) is 0 Å². The van der Waals surface area contributed by atoms with E-state index in [1.54, 1.807) is 0 Å². The van der Waals surface area contributed by atoms with E-state index in [0.717, 1.165) is 24.6 Å². The van der Waals surface area contributed by atoms with E-state index < -0.39 is 0 Å². The Balaban J connectivity index is 1.92. The molecule has 1 aliphatic rings. The van der Waals surface area contributed by atoms with Crippen molar-refractivity contribution in [2.24, 2.45) is 11.3 Å². The predicted octanol–water partition coefficient (Wildman–Crippen LogP) is 3.17. The van der Waals surface area contributed by atoms with Gasteiger partial charge in [-0.05, 0) is 23.5 Å². The molecule has 0 radical (unpaired) electrons. The minimum Gasteiger partial charge on any atom is -0.463 e. The number of hydrogen-bond acceptors (Lipinski definition) is 3. The van der Waals surface area contributed by atoms with Crippen molar-refractivity contribution < 1.29 is 9.21 Å². The summed E-state index contributed by atoms with van der Waals surface area (Å²) in [4.78, 5) is 14.1. The molecule has 0 saturated carbocycles. The molecule has 1 amide bonds. The molecule has 2 rings (SSSR count). The van der Waals surface area contributed by atoms with Crippen LogP contribution < -0.4 is 5.32 Å². The van der Waals surface area contributed by atoms with Gasteiger partial charge in [0.2, 0.25) is 5.91 Å². The minimum absolute atomic E-state index is 0.180. The van der Waals surface area contributed by atoms with E-state index in [0.29, 0.717) is 24.9 Å². The first kappa shape index (κ1) is 16.1. The summed E-state index contributed by atoms with van der Waals surface area (Å²) in [5, 5.41) is 3.33. The average Bonchev–Trinajstić information content (AvgIpc) is 2.94. The van der Waals surface area contributed by atoms with Gasteiger partial charge in [0.25, 0.3) is 0 Å². The summed E-state index contributed by atoms with van der Waals surface area (Å²) in [7, 11) is 0. The van der Waals surface area contributed by atoms with Crippen molar-refractivity contribution >= 4 is 5.91 Å². The van der Waals surface area contributed by atoms with Gasteiger partial charge >= 0.3 is 0 Å². The second kappa shape index (κ2) is 6.22. The summed E-state index contributed by atoms with van der Waals surface area (Å²) < 4.78 is 5.81. The van der Waals surface area contributed by atoms with Gasteiger partial charge in [0.05, 0.1) is 13.1 Å². The molecule has 1 aromatic rings. The van der Waals surface area contributed by atoms with Gasteiger partial charge in [0, 0.05) is 19.0 Å². The summed E-state index contributed by atoms with van der Waals surface area (Å²) in [5.41, 5.74) is 0.180. The summed E-state index contributed by atoms with van der Waals surface area (Å²) in [6, 6.07) is 4.41. The van der Waals surface area contributed by atoms with Crippen LogP contribution in [0.1, 0.15) is 52.6 Å². The Morgan fingerprint density at radius 1 is 1.33 bits per heavy atom. The molecule has 4 heteroatoms. The lowest BCUT2D eigenvalue weighted by molar-refractivity contribution is -0.128. The zero-order valence-electron chi connectivity index (χ0n) is 13.9. The van der Waals surface area contributed by atoms with Crippen LogP contribution in [0.3, 0.4) is 0 Å². The fraction of sp³-hybridized carbons (Fsp3) is 0.706. The average molecular weight is 292 g/mol. The third-order valence-corrected chi connectivity index (χ3v) is 4.19. The van der Waals surface area contributed by atoms with Crippen LogP contribution in [0, 0.1) is 11.3 Å². The SMILES string of the molecule is CC(C)NCc1ccc(CN2CC(C(C)(C)C)CC2=O)o1. The lowest BCUT2D eigenvalue weighted by Crippen LogP contribution is -2.27. The second-order valence-corrected chi connectivity index (χ2v) is 7.44. The number of nitrogens with one attached hydrogen (secondary N) is 1. The molecule has 1 fully saturated rings. The Kier molecular flexibility index (Phi) is 4.77. The summed E-state index contributed by atoms with van der Waals surface area (Å²) >= 11 is 0. The fourth-order valence-electron chi connectivity index (χ4n) is 2.60. The van der Waals surface area contributed by atoms with Crippen molar-refractivity contribution in [3.05, 3.63) is 23.7 Å². The van der Waals surface area contributed by atoms with Crippen LogP contribution in [-0.4, -0.2) is 23.4 Å². The summed E-state index contributed by atoms with van der Waals surface area (Å²) in [6.07, 6.45) is 0.659. The Morgan fingerprint density at radius 2 is 2.00 bits per heavy atom. The van der Waals surface area contributed by atoms with Gasteiger partial charge in [-0.1, -0.05) is 34.6 Å². The van der Waals surface area contributed by atoms with Crippen LogP contribution in [0.2, 0.25) is 0 Å². The van der Waals surface area contributed by atoms with Gasteiger partial charge in [0.15, 0.2) is 0 Å². The normalized spacial score (nSPS) is 19.8. The van der Waals surface area contributed by atoms with Crippen molar-refractivity contribution in [1.82, 2.24) is 10.2 Å². The van der Waals surface area contributed by atoms with E-state index in [-0.39, 0.29) is 11.3 Å². The highest BCUT2D eigenvalue weighted by molar-refractivity contribution is 5.78. The lowest BCUT2D eigenvalue weighted by Gasteiger charge is -2.26. The van der Waals surface area contributed by atoms with Gasteiger partial charge in [-0.3, -0.25) is 4.79 Å². The molecule has 2 heterocycles. The molecule has 1 atom stereocenters. The Hall–Kier alpha value is -1.29. The van der Waals surface area contributed by atoms with E-state index >= 15 is 0 Å². The number of carbonyl (C=O) groups excluding carboxylic acids is 1. The number of nitrogens with zero attached hydrogens (tertiary/aromatic N) is 1. The minimum atomic E-state index is 0.180. The fourth-order valence-corrected chi connectivity index (χ4v) is 2.60. The van der Waals surface area contributed by atoms with Gasteiger partial charge in [-0.25, -0.2) is 0 Å². The number of hydrogen-bond donors (Lipinski definition) is 1. The molecule has 0 spiro atoms. The van der Waals surface area contributed by atoms with Crippen LogP contribution in [-0.2, 0) is 17.9 Å². The number of amides is 1. The monoisotopic (exact) mass is 292 g/mol. The van der Waals surface area contributed by atoms with Gasteiger partial charge in [0.1, 0.15) is 11.5 Å². The highest BCUT2D eigenvalue weighted by Gasteiger charge is 2.36. The maximum atomic E-state index is 12.1. The van der Waals surface area contributed by atoms with E-state index in [9.17, 15) is 4.79 Å². The largest absolute Gasteiger partial charge is 0.463 e. The van der Waals surface area contributed by atoms with E-state index in [1.165, 1.54) is 0 Å². The first-order valence-electron chi connectivity index (χ1n) is 7.84. The molecule has 1 aliphatic heterocycles. The Bertz CT molecular complexity index is 485. The molecule has 0 aliphatic carbocycles. The van der Waals surface area contributed by atoms with E-state index in [1.807, 2.05) is 17.0 Å². The lowest BCUT2D eigenvalue weighted by atomic mass is 9.80. The molecule has 118 valence electrons. The van der Waals surface area contributed by atoms with Crippen LogP contribution >= 0.6 is 0 Å². The molecule has 1 saturated heterocycles. The standard InChI is InChI=1S/C17H28N2O2/c1-12(2)18-9-14-6-7-15(21-14)11-19-10-13(8-16(19)20)17(3,4)5/h6-7,12-13,18H,8-11H2,1-5H3. The van der Waals surface area contributed by atoms with Crippen molar-refractivity contribution in [1.29, 1.82) is 0 Å². The maximum Gasteiger partial charge on any atom is 0.223 e. The molecule has 1 N–H and O–H groups in total. The molecular formula is C17H28N2O2. The zero-order valence-corrected chi connectivity index (χ0v) is 13.9. The molecule has 0 aromatic carbocycles. The highest BCUT2D eigenvalue weighted by Crippen LogP contribution is 2.34. The van der Waals surface area contributed by atoms with Crippen LogP contribution in [0.5, 0.6) is 0 Å². The molecule has 4 nitrogen and oxygen atoms in total. The van der Waals surface area contributed by atoms with Crippen molar-refractivity contribution in [2.45, 2.75) is 60.2 Å². The summed E-state index contributed by atoms with van der Waals surface area (Å²) in [6.45, 7) is 13.0. The van der Waals surface area contributed by atoms with E-state index in [4.69, 9.17) is 4.42 Å². The first-order chi connectivity index (χ1) is 9.75. The van der Waals surface area contributed by atoms with Crippen molar-refractivity contribution in [2.75, 3.05) is 6.54 Å². The Morgan fingerprint density at radius 3 is 2.57 bits per heavy atom. The van der Waals surface area contributed by atoms with Crippen molar-refractivity contribution in [3.63, 3.8) is 0 Å². The number of furan rings is 1. The third kappa shape index (κ3) is 4.34. The number of carbonyl (C=O) groups is 1. The van der Waals surface area contributed by atoms with Crippen LogP contribution in [0.25, 0.3) is 0 Å². The molecule has 1 unspecified atom stereocenters. The van der Waals surface area contributed by atoms with Crippen LogP contribution in [0.4, 0.5) is 0 Å². The predicted molar refractivity (Wildman–Crippen MR) is 83.7 cm³/mol. The van der Waals surface area contributed by atoms with Gasteiger partial charge in [-0.2, -0.15) is 0 Å². The van der Waals surface area contributed by atoms with E-state index in [2.05, 4.69) is 39.9 Å². The highest BCUT2D eigenvalue weighted by atomic mass is 16.3. The molecule has 0 bridgehead atoms. The smallest absolute Gasteiger partial charge is 0.223 e. The molecule has 21 heavy (non-hydrogen) atoms. The molecular weight excluding hydrogens is 264 g/mol. The van der Waals surface area contributed by atoms with Crippen molar-refractivity contribution in [3.8, 4) is 0 Å². The second-order valence-electron chi connectivity index (χ2n) is 7.44. The number of rotatable bonds is 5. The number of likely N-dealkylation sites (tertiary alicyclic amines) is 1. The maximum absolute atomic E-state index is 12.1. The zero-order chi connectivity index (χ0) is 15.6. The third-order valence-electron chi connectivity index (χ3n) is 4.19. The van der Waals surface area contributed by atoms with Crippen LogP contribution in [0.15, 0.2) is 16.5 Å². The molecule has 1 aromatic heterocycles. The van der Waals surface area contributed by atoms with Gasteiger partial charge < -0.3 is 14.6 Å².